The van der Waals surface area contributed by atoms with Crippen LogP contribution in [0.3, 0.4) is 0 Å². The van der Waals surface area contributed by atoms with Crippen molar-refractivity contribution in [3.63, 3.8) is 0 Å². The SMILES string of the molecule is N=C/C(=C1/N=C(c2ccccc2)C=CN1)c1ccccn1. The van der Waals surface area contributed by atoms with Gasteiger partial charge < -0.3 is 10.7 Å². The van der Waals surface area contributed by atoms with Gasteiger partial charge in [-0.25, -0.2) is 4.99 Å². The third-order valence-electron chi connectivity index (χ3n) is 3.10. The van der Waals surface area contributed by atoms with E-state index in [0.717, 1.165) is 17.0 Å². The van der Waals surface area contributed by atoms with Crippen LogP contribution < -0.4 is 5.32 Å². The molecule has 4 nitrogen and oxygen atoms in total. The molecule has 2 heterocycles. The van der Waals surface area contributed by atoms with Crippen LogP contribution in [0.2, 0.25) is 0 Å². The first-order valence-corrected chi connectivity index (χ1v) is 6.62. The first-order chi connectivity index (χ1) is 10.4. The van der Waals surface area contributed by atoms with E-state index in [0.29, 0.717) is 11.4 Å². The highest BCUT2D eigenvalue weighted by molar-refractivity contribution is 6.13. The lowest BCUT2D eigenvalue weighted by Crippen LogP contribution is -2.15. The van der Waals surface area contributed by atoms with E-state index in [9.17, 15) is 0 Å². The molecule has 0 bridgehead atoms. The van der Waals surface area contributed by atoms with E-state index in [-0.39, 0.29) is 0 Å². The quantitative estimate of drug-likeness (QED) is 0.845. The van der Waals surface area contributed by atoms with Gasteiger partial charge in [-0.05, 0) is 18.2 Å². The van der Waals surface area contributed by atoms with Crippen molar-refractivity contribution in [2.24, 2.45) is 4.99 Å². The standard InChI is InChI=1S/C17H14N4/c18-12-14(16-8-4-5-10-19-16)17-20-11-9-15(21-17)13-6-2-1-3-7-13/h1-12,18,20H/b17-14-,18-12?. The third kappa shape index (κ3) is 2.79. The van der Waals surface area contributed by atoms with Crippen molar-refractivity contribution in [3.05, 3.63) is 84.1 Å². The molecule has 0 saturated heterocycles. The molecule has 102 valence electrons. The minimum Gasteiger partial charge on any atom is -0.346 e. The maximum absolute atomic E-state index is 7.65. The summed E-state index contributed by atoms with van der Waals surface area (Å²) in [6.07, 6.45) is 6.73. The van der Waals surface area contributed by atoms with Crippen molar-refractivity contribution in [1.29, 1.82) is 5.41 Å². The van der Waals surface area contributed by atoms with Gasteiger partial charge in [-0.3, -0.25) is 4.98 Å². The van der Waals surface area contributed by atoms with E-state index in [4.69, 9.17) is 5.41 Å². The molecule has 0 fully saturated rings. The largest absolute Gasteiger partial charge is 0.346 e. The maximum atomic E-state index is 7.65. The molecular weight excluding hydrogens is 260 g/mol. The zero-order valence-electron chi connectivity index (χ0n) is 11.3. The van der Waals surface area contributed by atoms with Crippen LogP contribution in [-0.2, 0) is 0 Å². The monoisotopic (exact) mass is 274 g/mol. The molecule has 0 saturated carbocycles. The van der Waals surface area contributed by atoms with Gasteiger partial charge in [0.2, 0.25) is 0 Å². The number of allylic oxidation sites excluding steroid dienone is 2. The molecule has 2 N–H and O–H groups in total. The smallest absolute Gasteiger partial charge is 0.141 e. The number of hydrogen-bond acceptors (Lipinski definition) is 4. The van der Waals surface area contributed by atoms with E-state index >= 15 is 0 Å². The summed E-state index contributed by atoms with van der Waals surface area (Å²) in [5, 5.41) is 10.7. The second kappa shape index (κ2) is 5.96. The Labute approximate surface area is 123 Å². The summed E-state index contributed by atoms with van der Waals surface area (Å²) >= 11 is 0. The number of nitrogens with zero attached hydrogens (tertiary/aromatic N) is 2. The van der Waals surface area contributed by atoms with E-state index < -0.39 is 0 Å². The number of aliphatic imine (C=N–C) groups is 1. The molecule has 4 heteroatoms. The molecule has 1 aliphatic heterocycles. The third-order valence-corrected chi connectivity index (χ3v) is 3.10. The van der Waals surface area contributed by atoms with Crippen LogP contribution in [0.25, 0.3) is 5.57 Å². The summed E-state index contributed by atoms with van der Waals surface area (Å²) < 4.78 is 0. The summed E-state index contributed by atoms with van der Waals surface area (Å²) in [6, 6.07) is 15.6. The Morgan fingerprint density at radius 2 is 1.86 bits per heavy atom. The van der Waals surface area contributed by atoms with Crippen LogP contribution in [0.5, 0.6) is 0 Å². The molecule has 1 aromatic heterocycles. The topological polar surface area (TPSA) is 61.1 Å². The molecule has 3 rings (SSSR count). The minimum atomic E-state index is 0.630. The Morgan fingerprint density at radius 1 is 1.05 bits per heavy atom. The van der Waals surface area contributed by atoms with Gasteiger partial charge in [-0.15, -0.1) is 0 Å². The van der Waals surface area contributed by atoms with Crippen LogP contribution in [0.15, 0.2) is 77.8 Å². The fourth-order valence-electron chi connectivity index (χ4n) is 2.08. The van der Waals surface area contributed by atoms with Gasteiger partial charge in [-0.1, -0.05) is 36.4 Å². The minimum absolute atomic E-state index is 0.630. The van der Waals surface area contributed by atoms with Gasteiger partial charge in [-0.2, -0.15) is 0 Å². The van der Waals surface area contributed by atoms with Gasteiger partial charge in [0.05, 0.1) is 17.0 Å². The number of pyridine rings is 1. The highest BCUT2D eigenvalue weighted by Gasteiger charge is 2.11. The Morgan fingerprint density at radius 3 is 2.57 bits per heavy atom. The van der Waals surface area contributed by atoms with E-state index in [2.05, 4.69) is 15.3 Å². The van der Waals surface area contributed by atoms with Crippen molar-refractivity contribution >= 4 is 17.5 Å². The van der Waals surface area contributed by atoms with Crippen molar-refractivity contribution in [2.45, 2.75) is 0 Å². The van der Waals surface area contributed by atoms with Crippen molar-refractivity contribution in [1.82, 2.24) is 10.3 Å². The predicted molar refractivity (Wildman–Crippen MR) is 85.2 cm³/mol. The predicted octanol–water partition coefficient (Wildman–Crippen LogP) is 3.01. The summed E-state index contributed by atoms with van der Waals surface area (Å²) in [4.78, 5) is 8.89. The molecular formula is C17H14N4. The molecule has 2 aromatic rings. The Hall–Kier alpha value is -3.01. The zero-order valence-corrected chi connectivity index (χ0v) is 11.3. The second-order valence-electron chi connectivity index (χ2n) is 4.46. The summed E-state index contributed by atoms with van der Waals surface area (Å²) in [7, 11) is 0. The molecule has 1 aromatic carbocycles. The van der Waals surface area contributed by atoms with Gasteiger partial charge in [0.15, 0.2) is 0 Å². The van der Waals surface area contributed by atoms with Crippen LogP contribution in [0, 0.1) is 5.41 Å². The number of nitrogens with one attached hydrogen (secondary N) is 2. The summed E-state index contributed by atoms with van der Waals surface area (Å²) in [5.41, 5.74) is 3.28. The number of benzene rings is 1. The fraction of sp³-hybridized carbons (Fsp3) is 0. The first-order valence-electron chi connectivity index (χ1n) is 6.62. The van der Waals surface area contributed by atoms with Crippen LogP contribution >= 0.6 is 0 Å². The molecule has 1 aliphatic rings. The summed E-state index contributed by atoms with van der Waals surface area (Å²) in [6.45, 7) is 0. The molecule has 21 heavy (non-hydrogen) atoms. The van der Waals surface area contributed by atoms with Crippen LogP contribution in [0.1, 0.15) is 11.3 Å². The highest BCUT2D eigenvalue weighted by Crippen LogP contribution is 2.17. The fourth-order valence-corrected chi connectivity index (χ4v) is 2.08. The molecule has 0 atom stereocenters. The van der Waals surface area contributed by atoms with E-state index in [1.807, 2.05) is 60.8 Å². The zero-order chi connectivity index (χ0) is 14.5. The number of aromatic nitrogens is 1. The van der Waals surface area contributed by atoms with Crippen LogP contribution in [0.4, 0.5) is 0 Å². The average molecular weight is 274 g/mol. The Balaban J connectivity index is 2.06. The van der Waals surface area contributed by atoms with Gasteiger partial charge in [0.25, 0.3) is 0 Å². The second-order valence-corrected chi connectivity index (χ2v) is 4.46. The van der Waals surface area contributed by atoms with E-state index in [1.54, 1.807) is 6.20 Å². The van der Waals surface area contributed by atoms with E-state index in [1.165, 1.54) is 6.21 Å². The molecule has 0 amide bonds. The van der Waals surface area contributed by atoms with Crippen molar-refractivity contribution in [3.8, 4) is 0 Å². The van der Waals surface area contributed by atoms with Crippen LogP contribution in [-0.4, -0.2) is 16.9 Å². The van der Waals surface area contributed by atoms with Gasteiger partial charge >= 0.3 is 0 Å². The van der Waals surface area contributed by atoms with Gasteiger partial charge in [0, 0.05) is 24.2 Å². The lowest BCUT2D eigenvalue weighted by molar-refractivity contribution is 1.02. The Bertz CT molecular complexity index is 728. The normalized spacial score (nSPS) is 15.9. The molecule has 0 aliphatic carbocycles. The highest BCUT2D eigenvalue weighted by atomic mass is 15.0. The Kier molecular flexibility index (Phi) is 3.69. The number of hydrogen-bond donors (Lipinski definition) is 2. The first kappa shape index (κ1) is 13.0. The molecule has 0 unspecified atom stereocenters. The van der Waals surface area contributed by atoms with Crippen molar-refractivity contribution in [2.75, 3.05) is 0 Å². The van der Waals surface area contributed by atoms with Gasteiger partial charge in [0.1, 0.15) is 5.82 Å². The van der Waals surface area contributed by atoms with Crippen molar-refractivity contribution < 1.29 is 0 Å². The molecule has 0 spiro atoms. The average Bonchev–Trinajstić information content (AvgIpc) is 2.58. The lowest BCUT2D eigenvalue weighted by atomic mass is 10.1. The summed E-state index contributed by atoms with van der Waals surface area (Å²) in [5.74, 6) is 0.630. The molecule has 0 radical (unpaired) electrons. The maximum Gasteiger partial charge on any atom is 0.141 e. The number of rotatable bonds is 3. The lowest BCUT2D eigenvalue weighted by Gasteiger charge is -2.13.